The molecule has 0 radical (unpaired) electrons. The fourth-order valence-electron chi connectivity index (χ4n) is 3.74. The second kappa shape index (κ2) is 9.30. The molecule has 3 aromatic carbocycles. The minimum atomic E-state index is -0.977. The van der Waals surface area contributed by atoms with Crippen LogP contribution in [0, 0.1) is 0 Å². The molecule has 156 valence electrons. The van der Waals surface area contributed by atoms with Crippen LogP contribution >= 0.6 is 0 Å². The number of aromatic carboxylic acids is 1. The number of carboxylic acid groups (broad SMARTS) is 1. The van der Waals surface area contributed by atoms with E-state index >= 15 is 0 Å². The van der Waals surface area contributed by atoms with Gasteiger partial charge in [-0.3, -0.25) is 4.90 Å². The molecule has 0 saturated heterocycles. The summed E-state index contributed by atoms with van der Waals surface area (Å²) in [6.45, 7) is 0.718. The molecule has 1 atom stereocenters. The summed E-state index contributed by atoms with van der Waals surface area (Å²) in [4.78, 5) is 25.9. The van der Waals surface area contributed by atoms with Gasteiger partial charge >= 0.3 is 12.1 Å². The third-order valence-corrected chi connectivity index (χ3v) is 5.40. The molecule has 1 amide bonds. The fourth-order valence-corrected chi connectivity index (χ4v) is 3.74. The Bertz CT molecular complexity index is 1080. The monoisotopic (exact) mass is 413 g/mol. The van der Waals surface area contributed by atoms with E-state index in [0.717, 1.165) is 22.3 Å². The van der Waals surface area contributed by atoms with E-state index in [1.54, 1.807) is 29.2 Å². The van der Waals surface area contributed by atoms with Gasteiger partial charge in [-0.2, -0.15) is 0 Å². The number of hydrogen-bond acceptors (Lipinski definition) is 3. The molecule has 1 heterocycles. The highest BCUT2D eigenvalue weighted by atomic mass is 16.6. The van der Waals surface area contributed by atoms with Gasteiger partial charge in [0, 0.05) is 6.54 Å². The molecule has 1 aliphatic heterocycles. The first-order chi connectivity index (χ1) is 15.1. The normalized spacial score (nSPS) is 15.8. The Labute approximate surface area is 181 Å². The van der Waals surface area contributed by atoms with E-state index in [1.807, 2.05) is 48.5 Å². The third kappa shape index (κ3) is 4.83. The first-order valence-corrected chi connectivity index (χ1v) is 10.2. The average Bonchev–Trinajstić information content (AvgIpc) is 2.83. The quantitative estimate of drug-likeness (QED) is 0.595. The van der Waals surface area contributed by atoms with Crippen LogP contribution in [0.15, 0.2) is 91.0 Å². The lowest BCUT2D eigenvalue weighted by Crippen LogP contribution is -2.37. The Morgan fingerprint density at radius 2 is 1.55 bits per heavy atom. The molecule has 0 fully saturated rings. The summed E-state index contributed by atoms with van der Waals surface area (Å²) in [6, 6.07) is 26.0. The summed E-state index contributed by atoms with van der Waals surface area (Å²) < 4.78 is 5.59. The van der Waals surface area contributed by atoms with Crippen LogP contribution in [0.1, 0.15) is 39.5 Å². The largest absolute Gasteiger partial charge is 0.478 e. The predicted octanol–water partition coefficient (Wildman–Crippen LogP) is 5.55. The molecule has 0 bridgehead atoms. The van der Waals surface area contributed by atoms with Crippen LogP contribution < -0.4 is 0 Å². The van der Waals surface area contributed by atoms with Gasteiger partial charge in [-0.25, -0.2) is 9.59 Å². The van der Waals surface area contributed by atoms with Crippen molar-refractivity contribution < 1.29 is 19.4 Å². The number of rotatable bonds is 5. The Morgan fingerprint density at radius 1 is 0.903 bits per heavy atom. The molecule has 0 spiro atoms. The number of ether oxygens (including phenoxy) is 1. The van der Waals surface area contributed by atoms with Crippen LogP contribution in [0.2, 0.25) is 0 Å². The number of carboxylic acids is 1. The van der Waals surface area contributed by atoms with E-state index in [2.05, 4.69) is 18.2 Å². The van der Waals surface area contributed by atoms with Crippen molar-refractivity contribution in [3.8, 4) is 0 Å². The highest BCUT2D eigenvalue weighted by Gasteiger charge is 2.29. The maximum Gasteiger partial charge on any atom is 0.410 e. The SMILES string of the molecule is O=C(O)c1ccc(C2C=C(c3ccccc3)CCN2C(=O)OCc2ccccc2)cc1. The summed E-state index contributed by atoms with van der Waals surface area (Å²) in [6.07, 6.45) is 2.39. The van der Waals surface area contributed by atoms with Crippen molar-refractivity contribution in [3.05, 3.63) is 113 Å². The van der Waals surface area contributed by atoms with Gasteiger partial charge in [-0.15, -0.1) is 0 Å². The second-order valence-corrected chi connectivity index (χ2v) is 7.41. The molecular weight excluding hydrogens is 390 g/mol. The molecule has 0 aliphatic carbocycles. The molecule has 5 heteroatoms. The Kier molecular flexibility index (Phi) is 6.13. The Morgan fingerprint density at radius 3 is 2.19 bits per heavy atom. The predicted molar refractivity (Wildman–Crippen MR) is 119 cm³/mol. The number of carbonyl (C=O) groups excluding carboxylic acids is 1. The topological polar surface area (TPSA) is 66.8 Å². The zero-order valence-electron chi connectivity index (χ0n) is 17.0. The van der Waals surface area contributed by atoms with E-state index in [-0.39, 0.29) is 24.3 Å². The maximum atomic E-state index is 13.0. The number of amides is 1. The molecule has 31 heavy (non-hydrogen) atoms. The van der Waals surface area contributed by atoms with Gasteiger partial charge < -0.3 is 9.84 Å². The average molecular weight is 413 g/mol. The Hall–Kier alpha value is -3.86. The lowest BCUT2D eigenvalue weighted by atomic mass is 9.92. The van der Waals surface area contributed by atoms with E-state index in [9.17, 15) is 14.7 Å². The van der Waals surface area contributed by atoms with Crippen LogP contribution in [-0.2, 0) is 11.3 Å². The van der Waals surface area contributed by atoms with Crippen LogP contribution in [0.3, 0.4) is 0 Å². The molecule has 4 rings (SSSR count). The van der Waals surface area contributed by atoms with Gasteiger partial charge in [-0.05, 0) is 40.8 Å². The third-order valence-electron chi connectivity index (χ3n) is 5.40. The zero-order valence-corrected chi connectivity index (χ0v) is 17.0. The maximum absolute atomic E-state index is 13.0. The van der Waals surface area contributed by atoms with Crippen molar-refractivity contribution in [2.45, 2.75) is 19.1 Å². The number of carbonyl (C=O) groups is 2. The molecular formula is C26H23NO4. The van der Waals surface area contributed by atoms with E-state index in [4.69, 9.17) is 4.74 Å². The molecule has 0 saturated carbocycles. The van der Waals surface area contributed by atoms with E-state index in [1.165, 1.54) is 0 Å². The minimum Gasteiger partial charge on any atom is -0.478 e. The highest BCUT2D eigenvalue weighted by Crippen LogP contribution is 2.34. The van der Waals surface area contributed by atoms with Gasteiger partial charge in [0.15, 0.2) is 0 Å². The lowest BCUT2D eigenvalue weighted by molar-refractivity contribution is 0.0696. The van der Waals surface area contributed by atoms with Crippen LogP contribution in [0.25, 0.3) is 5.57 Å². The zero-order chi connectivity index (χ0) is 21.6. The Balaban J connectivity index is 1.61. The van der Waals surface area contributed by atoms with Gasteiger partial charge in [0.1, 0.15) is 6.61 Å². The van der Waals surface area contributed by atoms with Gasteiger partial charge in [0.25, 0.3) is 0 Å². The number of hydrogen-bond donors (Lipinski definition) is 1. The fraction of sp³-hybridized carbons (Fsp3) is 0.154. The highest BCUT2D eigenvalue weighted by molar-refractivity contribution is 5.87. The minimum absolute atomic E-state index is 0.204. The summed E-state index contributed by atoms with van der Waals surface area (Å²) in [5, 5.41) is 9.20. The van der Waals surface area contributed by atoms with Crippen molar-refractivity contribution in [2.75, 3.05) is 6.54 Å². The standard InChI is InChI=1S/C26H23NO4/c28-25(29)22-13-11-21(12-14-22)24-17-23(20-9-5-2-6-10-20)15-16-27(24)26(30)31-18-19-7-3-1-4-8-19/h1-14,17,24H,15-16,18H2,(H,28,29). The van der Waals surface area contributed by atoms with Crippen LogP contribution in [0.5, 0.6) is 0 Å². The van der Waals surface area contributed by atoms with Crippen LogP contribution in [0.4, 0.5) is 4.79 Å². The van der Waals surface area contributed by atoms with E-state index in [0.29, 0.717) is 13.0 Å². The number of nitrogens with zero attached hydrogens (tertiary/aromatic N) is 1. The first kappa shape index (κ1) is 20.4. The first-order valence-electron chi connectivity index (χ1n) is 10.2. The van der Waals surface area contributed by atoms with Crippen molar-refractivity contribution in [1.29, 1.82) is 0 Å². The molecule has 1 N–H and O–H groups in total. The van der Waals surface area contributed by atoms with Gasteiger partial charge in [-0.1, -0.05) is 78.9 Å². The smallest absolute Gasteiger partial charge is 0.410 e. The summed E-state index contributed by atoms with van der Waals surface area (Å²) in [7, 11) is 0. The van der Waals surface area contributed by atoms with Crippen molar-refractivity contribution in [1.82, 2.24) is 4.90 Å². The molecule has 0 aromatic heterocycles. The summed E-state index contributed by atoms with van der Waals surface area (Å²) in [5.74, 6) is -0.977. The summed E-state index contributed by atoms with van der Waals surface area (Å²) >= 11 is 0. The van der Waals surface area contributed by atoms with Crippen molar-refractivity contribution in [3.63, 3.8) is 0 Å². The molecule has 3 aromatic rings. The van der Waals surface area contributed by atoms with Crippen molar-refractivity contribution >= 4 is 17.6 Å². The number of benzene rings is 3. The van der Waals surface area contributed by atoms with Crippen LogP contribution in [-0.4, -0.2) is 28.6 Å². The van der Waals surface area contributed by atoms with Crippen molar-refractivity contribution in [2.24, 2.45) is 0 Å². The lowest BCUT2D eigenvalue weighted by Gasteiger charge is -2.34. The van der Waals surface area contributed by atoms with Gasteiger partial charge in [0.05, 0.1) is 11.6 Å². The summed E-state index contributed by atoms with van der Waals surface area (Å²) in [5.41, 5.74) is 4.25. The molecule has 5 nitrogen and oxygen atoms in total. The second-order valence-electron chi connectivity index (χ2n) is 7.41. The van der Waals surface area contributed by atoms with E-state index < -0.39 is 5.97 Å². The molecule has 1 aliphatic rings. The molecule has 1 unspecified atom stereocenters. The van der Waals surface area contributed by atoms with Gasteiger partial charge in [0.2, 0.25) is 0 Å².